The van der Waals surface area contributed by atoms with Gasteiger partial charge in [-0.1, -0.05) is 6.07 Å². The molecule has 1 saturated heterocycles. The van der Waals surface area contributed by atoms with Crippen molar-refractivity contribution in [1.82, 2.24) is 15.2 Å². The first-order valence-electron chi connectivity index (χ1n) is 7.19. The van der Waals surface area contributed by atoms with E-state index in [9.17, 15) is 9.90 Å². The van der Waals surface area contributed by atoms with Gasteiger partial charge in [0.15, 0.2) is 11.5 Å². The fourth-order valence-corrected chi connectivity index (χ4v) is 2.23. The molecule has 1 heterocycles. The zero-order valence-electron chi connectivity index (χ0n) is 13.0. The zero-order valence-corrected chi connectivity index (χ0v) is 13.0. The first-order chi connectivity index (χ1) is 10.6. The summed E-state index contributed by atoms with van der Waals surface area (Å²) in [6.45, 7) is 4.02. The minimum Gasteiger partial charge on any atom is -0.504 e. The fourth-order valence-electron chi connectivity index (χ4n) is 2.23. The van der Waals surface area contributed by atoms with Crippen LogP contribution in [-0.4, -0.2) is 73.9 Å². The van der Waals surface area contributed by atoms with Crippen molar-refractivity contribution in [3.63, 3.8) is 0 Å². The number of hydrazone groups is 1. The Kier molecular flexibility index (Phi) is 5.74. The van der Waals surface area contributed by atoms with E-state index >= 15 is 0 Å². The van der Waals surface area contributed by atoms with Gasteiger partial charge in [-0.25, -0.2) is 5.43 Å². The molecule has 2 rings (SSSR count). The minimum atomic E-state index is -0.164. The molecule has 1 aromatic rings. The average Bonchev–Trinajstić information content (AvgIpc) is 2.51. The molecular weight excluding hydrogens is 284 g/mol. The summed E-state index contributed by atoms with van der Waals surface area (Å²) in [5.74, 6) is 0.206. The molecule has 0 spiro atoms. The predicted octanol–water partition coefficient (Wildman–Crippen LogP) is 0.0983. The number of benzene rings is 1. The maximum Gasteiger partial charge on any atom is 0.254 e. The number of amides is 1. The molecule has 0 aromatic heterocycles. The summed E-state index contributed by atoms with van der Waals surface area (Å²) in [5, 5.41) is 13.8. The quantitative estimate of drug-likeness (QED) is 0.596. The Hall–Kier alpha value is -2.12. The molecule has 0 aliphatic carbocycles. The van der Waals surface area contributed by atoms with Gasteiger partial charge in [0.1, 0.15) is 0 Å². The average molecular weight is 306 g/mol. The first-order valence-corrected chi connectivity index (χ1v) is 7.19. The third-order valence-corrected chi connectivity index (χ3v) is 3.61. The number of nitrogens with one attached hydrogen (secondary N) is 1. The SMILES string of the molecule is COc1cccc(/C=N/NC(=O)CN2CCN(C)CC2)c1O. The van der Waals surface area contributed by atoms with E-state index in [0.717, 1.165) is 26.2 Å². The smallest absolute Gasteiger partial charge is 0.254 e. The van der Waals surface area contributed by atoms with Gasteiger partial charge in [0.2, 0.25) is 0 Å². The summed E-state index contributed by atoms with van der Waals surface area (Å²) in [7, 11) is 3.55. The molecule has 7 heteroatoms. The monoisotopic (exact) mass is 306 g/mol. The first kappa shape index (κ1) is 16.3. The van der Waals surface area contributed by atoms with E-state index in [0.29, 0.717) is 17.9 Å². The van der Waals surface area contributed by atoms with Crippen LogP contribution in [0.25, 0.3) is 0 Å². The number of aromatic hydroxyl groups is 1. The van der Waals surface area contributed by atoms with Gasteiger partial charge in [0, 0.05) is 31.7 Å². The van der Waals surface area contributed by atoms with E-state index in [-0.39, 0.29) is 11.7 Å². The van der Waals surface area contributed by atoms with Crippen molar-refractivity contribution in [1.29, 1.82) is 0 Å². The molecule has 1 aromatic carbocycles. The molecule has 120 valence electrons. The maximum absolute atomic E-state index is 11.8. The molecular formula is C15H22N4O3. The molecule has 1 amide bonds. The molecule has 0 radical (unpaired) electrons. The van der Waals surface area contributed by atoms with Gasteiger partial charge in [0.05, 0.1) is 19.9 Å². The van der Waals surface area contributed by atoms with Crippen LogP contribution in [0, 0.1) is 0 Å². The fraction of sp³-hybridized carbons (Fsp3) is 0.467. The Balaban J connectivity index is 1.83. The molecule has 1 aliphatic rings. The zero-order chi connectivity index (χ0) is 15.9. The number of hydrogen-bond donors (Lipinski definition) is 2. The van der Waals surface area contributed by atoms with Crippen LogP contribution in [0.1, 0.15) is 5.56 Å². The van der Waals surface area contributed by atoms with Crippen LogP contribution >= 0.6 is 0 Å². The van der Waals surface area contributed by atoms with Crippen molar-refractivity contribution in [3.05, 3.63) is 23.8 Å². The molecule has 22 heavy (non-hydrogen) atoms. The number of nitrogens with zero attached hydrogens (tertiary/aromatic N) is 3. The second-order valence-corrected chi connectivity index (χ2v) is 5.27. The highest BCUT2D eigenvalue weighted by molar-refractivity contribution is 5.86. The highest BCUT2D eigenvalue weighted by Gasteiger charge is 2.16. The summed E-state index contributed by atoms with van der Waals surface area (Å²) in [6, 6.07) is 5.08. The number of hydrogen-bond acceptors (Lipinski definition) is 6. The van der Waals surface area contributed by atoms with Crippen molar-refractivity contribution in [2.45, 2.75) is 0 Å². The number of piperazine rings is 1. The van der Waals surface area contributed by atoms with Gasteiger partial charge in [-0.3, -0.25) is 9.69 Å². The molecule has 0 saturated carbocycles. The number of carbonyl (C=O) groups is 1. The van der Waals surface area contributed by atoms with Crippen LogP contribution in [0.15, 0.2) is 23.3 Å². The summed E-state index contributed by atoms with van der Waals surface area (Å²) >= 11 is 0. The van der Waals surface area contributed by atoms with E-state index < -0.39 is 0 Å². The van der Waals surface area contributed by atoms with Crippen LogP contribution in [0.4, 0.5) is 0 Å². The van der Waals surface area contributed by atoms with E-state index in [2.05, 4.69) is 27.4 Å². The van der Waals surface area contributed by atoms with Crippen LogP contribution in [0.3, 0.4) is 0 Å². The molecule has 2 N–H and O–H groups in total. The highest BCUT2D eigenvalue weighted by atomic mass is 16.5. The van der Waals surface area contributed by atoms with Gasteiger partial charge in [-0.15, -0.1) is 0 Å². The number of ether oxygens (including phenoxy) is 1. The lowest BCUT2D eigenvalue weighted by molar-refractivity contribution is -0.122. The number of rotatable bonds is 5. The number of para-hydroxylation sites is 1. The summed E-state index contributed by atoms with van der Waals surface area (Å²) in [4.78, 5) is 16.1. The predicted molar refractivity (Wildman–Crippen MR) is 84.3 cm³/mol. The second kappa shape index (κ2) is 7.77. The lowest BCUT2D eigenvalue weighted by Crippen LogP contribution is -2.47. The third-order valence-electron chi connectivity index (χ3n) is 3.61. The molecule has 0 unspecified atom stereocenters. The number of methoxy groups -OCH3 is 1. The molecule has 1 aliphatic heterocycles. The van der Waals surface area contributed by atoms with E-state index in [4.69, 9.17) is 4.74 Å². The van der Waals surface area contributed by atoms with E-state index in [1.54, 1.807) is 18.2 Å². The van der Waals surface area contributed by atoms with Crippen molar-refractivity contribution in [2.24, 2.45) is 5.10 Å². The van der Waals surface area contributed by atoms with Crippen molar-refractivity contribution < 1.29 is 14.6 Å². The van der Waals surface area contributed by atoms with Crippen LogP contribution < -0.4 is 10.2 Å². The van der Waals surface area contributed by atoms with Crippen LogP contribution in [0.5, 0.6) is 11.5 Å². The van der Waals surface area contributed by atoms with Crippen molar-refractivity contribution >= 4 is 12.1 Å². The topological polar surface area (TPSA) is 77.4 Å². The molecule has 0 bridgehead atoms. The minimum absolute atomic E-state index is 0.00191. The van der Waals surface area contributed by atoms with E-state index in [1.165, 1.54) is 13.3 Å². The lowest BCUT2D eigenvalue weighted by Gasteiger charge is -2.31. The number of phenolic OH excluding ortho intramolecular Hbond substituents is 1. The Morgan fingerprint density at radius 2 is 2.14 bits per heavy atom. The highest BCUT2D eigenvalue weighted by Crippen LogP contribution is 2.27. The third kappa shape index (κ3) is 4.44. The van der Waals surface area contributed by atoms with Crippen LogP contribution in [-0.2, 0) is 4.79 Å². The van der Waals surface area contributed by atoms with Gasteiger partial charge < -0.3 is 14.7 Å². The Morgan fingerprint density at radius 1 is 1.41 bits per heavy atom. The number of likely N-dealkylation sites (N-methyl/N-ethyl adjacent to an activating group) is 1. The van der Waals surface area contributed by atoms with Gasteiger partial charge in [-0.05, 0) is 19.2 Å². The van der Waals surface area contributed by atoms with Gasteiger partial charge in [-0.2, -0.15) is 5.10 Å². The Morgan fingerprint density at radius 3 is 2.82 bits per heavy atom. The number of carbonyl (C=O) groups excluding carboxylic acids is 1. The normalized spacial score (nSPS) is 16.8. The number of phenols is 1. The molecule has 0 atom stereocenters. The van der Waals surface area contributed by atoms with Gasteiger partial charge >= 0.3 is 0 Å². The summed E-state index contributed by atoms with van der Waals surface area (Å²) in [6.07, 6.45) is 1.40. The lowest BCUT2D eigenvalue weighted by atomic mass is 10.2. The van der Waals surface area contributed by atoms with Gasteiger partial charge in [0.25, 0.3) is 5.91 Å². The summed E-state index contributed by atoms with van der Waals surface area (Å²) < 4.78 is 5.01. The van der Waals surface area contributed by atoms with Crippen molar-refractivity contribution in [2.75, 3.05) is 46.9 Å². The Labute approximate surface area is 130 Å². The van der Waals surface area contributed by atoms with Crippen LogP contribution in [0.2, 0.25) is 0 Å². The largest absolute Gasteiger partial charge is 0.504 e. The second-order valence-electron chi connectivity index (χ2n) is 5.27. The summed E-state index contributed by atoms with van der Waals surface area (Å²) in [5.41, 5.74) is 2.96. The van der Waals surface area contributed by atoms with E-state index in [1.807, 2.05) is 0 Å². The van der Waals surface area contributed by atoms with Crippen molar-refractivity contribution in [3.8, 4) is 11.5 Å². The molecule has 1 fully saturated rings. The molecule has 7 nitrogen and oxygen atoms in total. The standard InChI is InChI=1S/C15H22N4O3/c1-18-6-8-19(9-7-18)11-14(20)17-16-10-12-4-3-5-13(22-2)15(12)21/h3-5,10,21H,6-9,11H2,1-2H3,(H,17,20)/b16-10+. The Bertz CT molecular complexity index is 540. The maximum atomic E-state index is 11.8.